The summed E-state index contributed by atoms with van der Waals surface area (Å²) in [6, 6.07) is 45.5. The third kappa shape index (κ3) is 4.86. The fourth-order valence-corrected chi connectivity index (χ4v) is 14.4. The van der Waals surface area contributed by atoms with Crippen molar-refractivity contribution < 1.29 is 0 Å². The molecular formula is C37H40P2. The van der Waals surface area contributed by atoms with E-state index >= 15 is 0 Å². The first-order valence-electron chi connectivity index (χ1n) is 14.4. The highest BCUT2D eigenvalue weighted by Gasteiger charge is 2.59. The number of hydrogen-bond donors (Lipinski definition) is 0. The van der Waals surface area contributed by atoms with E-state index in [1.54, 1.807) is 0 Å². The number of benzene rings is 4. The molecule has 0 spiro atoms. The van der Waals surface area contributed by atoms with Crippen molar-refractivity contribution in [2.75, 3.05) is 0 Å². The van der Waals surface area contributed by atoms with Gasteiger partial charge in [0.1, 0.15) is 0 Å². The van der Waals surface area contributed by atoms with Crippen LogP contribution in [-0.4, -0.2) is 10.3 Å². The molecule has 4 aromatic carbocycles. The minimum atomic E-state index is -0.545. The summed E-state index contributed by atoms with van der Waals surface area (Å²) in [5, 5.41) is 6.28. The number of fused-ring (bicyclic) bond motifs is 2. The minimum absolute atomic E-state index is 0.137. The number of hydrogen-bond acceptors (Lipinski definition) is 0. The Hall–Kier alpha value is -2.52. The highest BCUT2D eigenvalue weighted by Crippen LogP contribution is 2.68. The third-order valence-electron chi connectivity index (χ3n) is 9.30. The SMILES string of the molecule is CC(C)([C@H]1C2C=CC(C2)[C@@H]1C(C)(C)P(c1ccccc1)c1ccccc1)P(c1ccccc1)c1ccccc1. The molecule has 2 aliphatic rings. The van der Waals surface area contributed by atoms with Crippen molar-refractivity contribution in [2.24, 2.45) is 23.7 Å². The van der Waals surface area contributed by atoms with E-state index in [1.807, 2.05) is 0 Å². The molecule has 0 heterocycles. The second kappa shape index (κ2) is 10.8. The lowest BCUT2D eigenvalue weighted by Crippen LogP contribution is -2.49. The van der Waals surface area contributed by atoms with Gasteiger partial charge in [0.05, 0.1) is 0 Å². The molecule has 1 saturated carbocycles. The van der Waals surface area contributed by atoms with E-state index in [0.717, 1.165) is 0 Å². The molecule has 2 aliphatic carbocycles. The van der Waals surface area contributed by atoms with Gasteiger partial charge in [-0.25, -0.2) is 0 Å². The first-order valence-corrected chi connectivity index (χ1v) is 17.1. The predicted octanol–water partition coefficient (Wildman–Crippen LogP) is 8.25. The number of allylic oxidation sites excluding steroid dienone is 2. The van der Waals surface area contributed by atoms with Crippen molar-refractivity contribution >= 4 is 37.1 Å². The van der Waals surface area contributed by atoms with Gasteiger partial charge in [-0.1, -0.05) is 161 Å². The van der Waals surface area contributed by atoms with Crippen molar-refractivity contribution in [3.8, 4) is 0 Å². The monoisotopic (exact) mass is 546 g/mol. The average Bonchev–Trinajstić information content (AvgIpc) is 3.58. The van der Waals surface area contributed by atoms with Gasteiger partial charge in [-0.3, -0.25) is 0 Å². The van der Waals surface area contributed by atoms with Crippen LogP contribution >= 0.6 is 15.8 Å². The maximum atomic E-state index is 2.61. The van der Waals surface area contributed by atoms with Gasteiger partial charge in [0.15, 0.2) is 0 Å². The first-order chi connectivity index (χ1) is 18.9. The first kappa shape index (κ1) is 26.7. The van der Waals surface area contributed by atoms with Crippen LogP contribution < -0.4 is 21.2 Å². The Bertz CT molecular complexity index is 1210. The third-order valence-corrected chi connectivity index (χ3v) is 15.5. The fraction of sp³-hybridized carbons (Fsp3) is 0.297. The van der Waals surface area contributed by atoms with Crippen LogP contribution in [0.5, 0.6) is 0 Å². The van der Waals surface area contributed by atoms with Crippen molar-refractivity contribution in [2.45, 2.75) is 44.4 Å². The van der Waals surface area contributed by atoms with Gasteiger partial charge in [-0.05, 0) is 77.5 Å². The summed E-state index contributed by atoms with van der Waals surface area (Å²) in [4.78, 5) is 0. The van der Waals surface area contributed by atoms with Crippen LogP contribution in [0.25, 0.3) is 0 Å². The summed E-state index contributed by atoms with van der Waals surface area (Å²) < 4.78 is 0. The van der Waals surface area contributed by atoms with Crippen molar-refractivity contribution in [3.05, 3.63) is 133 Å². The molecule has 39 heavy (non-hydrogen) atoms. The lowest BCUT2D eigenvalue weighted by Gasteiger charge is -2.53. The van der Waals surface area contributed by atoms with Crippen LogP contribution in [0, 0.1) is 23.7 Å². The Morgan fingerprint density at radius 2 is 0.692 bits per heavy atom. The van der Waals surface area contributed by atoms with Crippen LogP contribution in [0.3, 0.4) is 0 Å². The molecule has 0 amide bonds. The smallest absolute Gasteiger partial charge is 0.00338 e. The molecule has 2 unspecified atom stereocenters. The van der Waals surface area contributed by atoms with E-state index in [1.165, 1.54) is 27.6 Å². The maximum absolute atomic E-state index is 2.61. The summed E-state index contributed by atoms with van der Waals surface area (Å²) >= 11 is 0. The average molecular weight is 547 g/mol. The van der Waals surface area contributed by atoms with Crippen LogP contribution in [0.1, 0.15) is 34.1 Å². The van der Waals surface area contributed by atoms with Crippen LogP contribution in [-0.2, 0) is 0 Å². The number of rotatable bonds is 8. The van der Waals surface area contributed by atoms with Gasteiger partial charge in [0.2, 0.25) is 0 Å². The molecule has 0 nitrogen and oxygen atoms in total. The topological polar surface area (TPSA) is 0 Å². The Morgan fingerprint density at radius 1 is 0.436 bits per heavy atom. The lowest BCUT2D eigenvalue weighted by molar-refractivity contribution is 0.214. The van der Waals surface area contributed by atoms with Gasteiger partial charge in [0, 0.05) is 0 Å². The summed E-state index contributed by atoms with van der Waals surface area (Å²) in [5.41, 5.74) is 0. The molecule has 6 rings (SSSR count). The molecule has 4 aromatic rings. The maximum Gasteiger partial charge on any atom is -0.00338 e. The highest BCUT2D eigenvalue weighted by atomic mass is 31.1. The largest absolute Gasteiger partial charge is 0.0848 e. The summed E-state index contributed by atoms with van der Waals surface area (Å²) in [6.45, 7) is 10.4. The lowest BCUT2D eigenvalue weighted by atomic mass is 9.70. The van der Waals surface area contributed by atoms with Gasteiger partial charge in [0.25, 0.3) is 0 Å². The summed E-state index contributed by atoms with van der Waals surface area (Å²) in [7, 11) is -1.09. The van der Waals surface area contributed by atoms with Crippen LogP contribution in [0.4, 0.5) is 0 Å². The van der Waals surface area contributed by atoms with Gasteiger partial charge in [-0.2, -0.15) is 0 Å². The molecule has 0 aliphatic heterocycles. The molecule has 2 heteroatoms. The molecule has 0 N–H and O–H groups in total. The predicted molar refractivity (Wildman–Crippen MR) is 174 cm³/mol. The zero-order chi connectivity index (χ0) is 27.0. The minimum Gasteiger partial charge on any atom is -0.0848 e. The molecule has 198 valence electrons. The van der Waals surface area contributed by atoms with E-state index in [4.69, 9.17) is 0 Å². The molecule has 0 aromatic heterocycles. The van der Waals surface area contributed by atoms with Crippen molar-refractivity contribution in [1.82, 2.24) is 0 Å². The van der Waals surface area contributed by atoms with Crippen LogP contribution in [0.2, 0.25) is 0 Å². The molecule has 4 atom stereocenters. The Labute approximate surface area is 238 Å². The van der Waals surface area contributed by atoms with Crippen LogP contribution in [0.15, 0.2) is 133 Å². The Balaban J connectivity index is 1.49. The Kier molecular flexibility index (Phi) is 7.39. The molecular weight excluding hydrogens is 506 g/mol. The zero-order valence-electron chi connectivity index (χ0n) is 23.6. The van der Waals surface area contributed by atoms with Gasteiger partial charge in [-0.15, -0.1) is 0 Å². The van der Waals surface area contributed by atoms with E-state index in [2.05, 4.69) is 161 Å². The zero-order valence-corrected chi connectivity index (χ0v) is 25.4. The molecule has 0 saturated heterocycles. The van der Waals surface area contributed by atoms with E-state index in [9.17, 15) is 0 Å². The van der Waals surface area contributed by atoms with Crippen molar-refractivity contribution in [3.63, 3.8) is 0 Å². The summed E-state index contributed by atoms with van der Waals surface area (Å²) in [5.74, 6) is 2.53. The Morgan fingerprint density at radius 3 is 0.949 bits per heavy atom. The highest BCUT2D eigenvalue weighted by molar-refractivity contribution is 7.75. The van der Waals surface area contributed by atoms with Crippen molar-refractivity contribution in [1.29, 1.82) is 0 Å². The van der Waals surface area contributed by atoms with Gasteiger partial charge < -0.3 is 0 Å². The second-order valence-corrected chi connectivity index (χ2v) is 18.0. The second-order valence-electron chi connectivity index (χ2n) is 12.3. The normalized spacial score (nSPS) is 22.6. The standard InChI is InChI=1S/C37H40P2/c1-36(2,38(30-17-9-5-10-18-30)31-19-11-6-12-20-31)34-28-25-26-29(27-28)35(34)37(3,4)39(32-21-13-7-14-22-32)33-23-15-8-16-24-33/h5-26,28-29,34-35H,27H2,1-4H3/t28?,29?,34-,35-/m0/s1. The van der Waals surface area contributed by atoms with E-state index in [-0.39, 0.29) is 10.3 Å². The fourth-order valence-electron chi connectivity index (χ4n) is 7.98. The summed E-state index contributed by atoms with van der Waals surface area (Å²) in [6.07, 6.45) is 6.47. The molecule has 2 bridgehead atoms. The van der Waals surface area contributed by atoms with Gasteiger partial charge >= 0.3 is 0 Å². The molecule has 0 radical (unpaired) electrons. The van der Waals surface area contributed by atoms with E-state index < -0.39 is 15.8 Å². The quantitative estimate of drug-likeness (QED) is 0.154. The van der Waals surface area contributed by atoms with E-state index in [0.29, 0.717) is 23.7 Å². The molecule has 1 fully saturated rings.